The summed E-state index contributed by atoms with van der Waals surface area (Å²) < 4.78 is 0. The van der Waals surface area contributed by atoms with Crippen LogP contribution in [0.2, 0.25) is 0 Å². The van der Waals surface area contributed by atoms with Crippen molar-refractivity contribution in [2.24, 2.45) is 17.3 Å². The van der Waals surface area contributed by atoms with Crippen LogP contribution in [0.25, 0.3) is 0 Å². The Hall–Kier alpha value is -2.33. The molecule has 0 aliphatic heterocycles. The maximum absolute atomic E-state index is 13.9. The molecule has 2 amide bonds. The van der Waals surface area contributed by atoms with Gasteiger partial charge in [-0.3, -0.25) is 14.5 Å². The molecule has 1 saturated carbocycles. The molecule has 1 aromatic rings. The Kier molecular flexibility index (Phi) is 9.75. The normalized spacial score (nSPS) is 19.0. The molecule has 188 valence electrons. The van der Waals surface area contributed by atoms with E-state index in [2.05, 4.69) is 18.8 Å². The molecule has 34 heavy (non-hydrogen) atoms. The number of hydrogen-bond acceptors (Lipinski definition) is 4. The highest BCUT2D eigenvalue weighted by Crippen LogP contribution is 2.37. The predicted octanol–water partition coefficient (Wildman–Crippen LogP) is 5.65. The second-order valence-electron chi connectivity index (χ2n) is 10.2. The largest absolute Gasteiger partial charge is 0.477 e. The summed E-state index contributed by atoms with van der Waals surface area (Å²) in [5.74, 6) is 5.20. The standard InChI is InChI=1S/C27H40N2O4S/c1-8-21(25(31)28(9-2)10-3)29(24(30)19-13-11-18(4)12-14-19)22-17-20(15-16-27(5,6)7)34-23(22)26(32)33/h17-19,21H,8-14H2,1-7H3,(H,32,33)/t18?,19?,21-/m1/s1. The van der Waals surface area contributed by atoms with Crippen molar-refractivity contribution < 1.29 is 19.5 Å². The molecule has 2 rings (SSSR count). The van der Waals surface area contributed by atoms with E-state index in [1.807, 2.05) is 41.5 Å². The van der Waals surface area contributed by atoms with E-state index in [0.717, 1.165) is 37.0 Å². The number of aromatic carboxylic acids is 1. The summed E-state index contributed by atoms with van der Waals surface area (Å²) in [4.78, 5) is 43.5. The monoisotopic (exact) mass is 488 g/mol. The summed E-state index contributed by atoms with van der Waals surface area (Å²) in [6, 6.07) is 0.942. The Morgan fingerprint density at radius 1 is 1.12 bits per heavy atom. The van der Waals surface area contributed by atoms with Gasteiger partial charge in [-0.2, -0.15) is 0 Å². The van der Waals surface area contributed by atoms with Gasteiger partial charge >= 0.3 is 5.97 Å². The van der Waals surface area contributed by atoms with Crippen LogP contribution in [-0.4, -0.2) is 46.9 Å². The van der Waals surface area contributed by atoms with E-state index in [1.165, 1.54) is 4.90 Å². The zero-order chi connectivity index (χ0) is 25.6. The molecule has 1 aromatic heterocycles. The van der Waals surface area contributed by atoms with E-state index in [0.29, 0.717) is 36.0 Å². The Balaban J connectivity index is 2.63. The fraction of sp³-hybridized carbons (Fsp3) is 0.667. The number of thiophene rings is 1. The summed E-state index contributed by atoms with van der Waals surface area (Å²) in [6.45, 7) is 14.9. The molecule has 7 heteroatoms. The van der Waals surface area contributed by atoms with Crippen LogP contribution < -0.4 is 4.90 Å². The highest BCUT2D eigenvalue weighted by atomic mass is 32.1. The van der Waals surface area contributed by atoms with Gasteiger partial charge in [0.15, 0.2) is 0 Å². The summed E-state index contributed by atoms with van der Waals surface area (Å²) >= 11 is 1.07. The molecule has 1 N–H and O–H groups in total. The highest BCUT2D eigenvalue weighted by Gasteiger charge is 2.39. The van der Waals surface area contributed by atoms with E-state index < -0.39 is 12.0 Å². The number of carbonyl (C=O) groups excluding carboxylic acids is 2. The average Bonchev–Trinajstić information content (AvgIpc) is 3.20. The van der Waals surface area contributed by atoms with Gasteiger partial charge in [0, 0.05) is 24.4 Å². The number of amides is 2. The average molecular weight is 489 g/mol. The fourth-order valence-electron chi connectivity index (χ4n) is 4.38. The summed E-state index contributed by atoms with van der Waals surface area (Å²) in [7, 11) is 0. The minimum Gasteiger partial charge on any atom is -0.477 e. The number of carbonyl (C=O) groups is 3. The Labute approximate surface area is 208 Å². The third-order valence-electron chi connectivity index (χ3n) is 6.39. The molecule has 0 radical (unpaired) electrons. The van der Waals surface area contributed by atoms with E-state index in [4.69, 9.17) is 0 Å². The van der Waals surface area contributed by atoms with Gasteiger partial charge in [-0.15, -0.1) is 11.3 Å². The molecule has 0 aromatic carbocycles. The van der Waals surface area contributed by atoms with E-state index in [-0.39, 0.29) is 28.0 Å². The first-order valence-corrected chi connectivity index (χ1v) is 13.3. The van der Waals surface area contributed by atoms with Gasteiger partial charge in [0.25, 0.3) is 0 Å². The van der Waals surface area contributed by atoms with Gasteiger partial charge in [0.2, 0.25) is 11.8 Å². The molecule has 1 aliphatic carbocycles. The second-order valence-corrected chi connectivity index (χ2v) is 11.3. The lowest BCUT2D eigenvalue weighted by atomic mass is 9.82. The van der Waals surface area contributed by atoms with Crippen molar-refractivity contribution in [3.8, 4) is 11.8 Å². The molecule has 6 nitrogen and oxygen atoms in total. The lowest BCUT2D eigenvalue weighted by Gasteiger charge is -2.37. The Morgan fingerprint density at radius 2 is 1.71 bits per heavy atom. The van der Waals surface area contributed by atoms with Crippen molar-refractivity contribution in [2.45, 2.75) is 86.6 Å². The van der Waals surface area contributed by atoms with Crippen LogP contribution in [0.3, 0.4) is 0 Å². The molecule has 0 saturated heterocycles. The molecule has 1 atom stereocenters. The topological polar surface area (TPSA) is 77.9 Å². The van der Waals surface area contributed by atoms with Crippen molar-refractivity contribution in [1.29, 1.82) is 0 Å². The van der Waals surface area contributed by atoms with Crippen LogP contribution in [0.4, 0.5) is 5.69 Å². The molecule has 1 aliphatic rings. The maximum atomic E-state index is 13.9. The third kappa shape index (κ3) is 6.85. The van der Waals surface area contributed by atoms with Gasteiger partial charge < -0.3 is 10.0 Å². The minimum atomic E-state index is -1.11. The molecule has 0 spiro atoms. The first-order chi connectivity index (χ1) is 15.9. The molecule has 0 bridgehead atoms. The molecular weight excluding hydrogens is 448 g/mol. The third-order valence-corrected chi connectivity index (χ3v) is 7.42. The zero-order valence-corrected chi connectivity index (χ0v) is 22.6. The number of likely N-dealkylation sites (N-methyl/N-ethyl adjacent to an activating group) is 1. The lowest BCUT2D eigenvalue weighted by Crippen LogP contribution is -2.53. The van der Waals surface area contributed by atoms with Crippen LogP contribution >= 0.6 is 11.3 Å². The van der Waals surface area contributed by atoms with Crippen molar-refractivity contribution in [3.63, 3.8) is 0 Å². The van der Waals surface area contributed by atoms with Crippen LogP contribution in [0.5, 0.6) is 0 Å². The number of nitrogens with zero attached hydrogens (tertiary/aromatic N) is 2. The van der Waals surface area contributed by atoms with Gasteiger partial charge in [0.1, 0.15) is 10.9 Å². The van der Waals surface area contributed by atoms with Gasteiger partial charge in [-0.05, 0) is 78.7 Å². The van der Waals surface area contributed by atoms with Crippen LogP contribution in [-0.2, 0) is 9.59 Å². The Bertz CT molecular complexity index is 938. The van der Waals surface area contributed by atoms with Gasteiger partial charge in [-0.1, -0.05) is 25.7 Å². The number of carboxylic acid groups (broad SMARTS) is 1. The fourth-order valence-corrected chi connectivity index (χ4v) is 5.22. The van der Waals surface area contributed by atoms with Gasteiger partial charge in [-0.25, -0.2) is 4.79 Å². The quantitative estimate of drug-likeness (QED) is 0.480. The number of hydrogen-bond donors (Lipinski definition) is 1. The highest BCUT2D eigenvalue weighted by molar-refractivity contribution is 7.15. The first-order valence-electron chi connectivity index (χ1n) is 12.5. The smallest absolute Gasteiger partial charge is 0.348 e. The van der Waals surface area contributed by atoms with Crippen LogP contribution in [0.1, 0.15) is 95.1 Å². The molecular formula is C27H40N2O4S. The van der Waals surface area contributed by atoms with Crippen LogP contribution in [0.15, 0.2) is 6.07 Å². The number of rotatable bonds is 8. The SMILES string of the molecule is CC[C@H](C(=O)N(CC)CC)N(C(=O)C1CCC(C)CC1)c1cc(C#CC(C)(C)C)sc1C(=O)O. The van der Waals surface area contributed by atoms with Gasteiger partial charge in [0.05, 0.1) is 10.6 Å². The number of anilines is 1. The molecule has 1 fully saturated rings. The molecule has 0 unspecified atom stereocenters. The second kappa shape index (κ2) is 11.9. The predicted molar refractivity (Wildman–Crippen MR) is 138 cm³/mol. The van der Waals surface area contributed by atoms with E-state index in [1.54, 1.807) is 11.0 Å². The summed E-state index contributed by atoms with van der Waals surface area (Å²) in [6.07, 6.45) is 3.85. The van der Waals surface area contributed by atoms with Crippen LogP contribution in [0, 0.1) is 29.1 Å². The minimum absolute atomic E-state index is 0.0570. The van der Waals surface area contributed by atoms with E-state index in [9.17, 15) is 19.5 Å². The zero-order valence-electron chi connectivity index (χ0n) is 21.7. The van der Waals surface area contributed by atoms with Crippen molar-refractivity contribution in [3.05, 3.63) is 15.8 Å². The summed E-state index contributed by atoms with van der Waals surface area (Å²) in [5, 5.41) is 10.0. The van der Waals surface area contributed by atoms with Crippen molar-refractivity contribution in [2.75, 3.05) is 18.0 Å². The van der Waals surface area contributed by atoms with E-state index >= 15 is 0 Å². The lowest BCUT2D eigenvalue weighted by molar-refractivity contribution is -0.135. The maximum Gasteiger partial charge on any atom is 0.348 e. The first kappa shape index (κ1) is 27.9. The van der Waals surface area contributed by atoms with Crippen molar-refractivity contribution in [1.82, 2.24) is 4.90 Å². The number of carboxylic acids is 1. The Morgan fingerprint density at radius 3 is 2.18 bits per heavy atom. The van der Waals surface area contributed by atoms with Crippen molar-refractivity contribution >= 4 is 34.8 Å². The summed E-state index contributed by atoms with van der Waals surface area (Å²) in [5.41, 5.74) is 0.0543. The molecule has 1 heterocycles.